The normalized spacial score (nSPS) is 12.5. The van der Waals surface area contributed by atoms with Gasteiger partial charge in [0.25, 0.3) is 0 Å². The van der Waals surface area contributed by atoms with Crippen molar-refractivity contribution in [2.45, 2.75) is 39.5 Å². The van der Waals surface area contributed by atoms with E-state index in [2.05, 4.69) is 27.7 Å². The van der Waals surface area contributed by atoms with E-state index in [1.54, 1.807) is 0 Å². The number of amides is 2. The van der Waals surface area contributed by atoms with Crippen LogP contribution in [0, 0.1) is 5.92 Å². The van der Waals surface area contributed by atoms with Crippen molar-refractivity contribution in [3.63, 3.8) is 0 Å². The molecule has 0 aliphatic rings. The Kier molecular flexibility index (Phi) is 7.91. The van der Waals surface area contributed by atoms with Gasteiger partial charge in [-0.3, -0.25) is 0 Å². The molecule has 1 aromatic carbocycles. The quantitative estimate of drug-likeness (QED) is 0.688. The summed E-state index contributed by atoms with van der Waals surface area (Å²) in [5.41, 5.74) is 2.30. The van der Waals surface area contributed by atoms with Gasteiger partial charge in [-0.2, -0.15) is 0 Å². The molecule has 0 saturated heterocycles. The Morgan fingerprint density at radius 2 is 1.73 bits per heavy atom. The van der Waals surface area contributed by atoms with Crippen molar-refractivity contribution in [2.75, 3.05) is 20.6 Å². The number of benzene rings is 1. The van der Waals surface area contributed by atoms with Crippen LogP contribution in [0.3, 0.4) is 0 Å². The van der Waals surface area contributed by atoms with E-state index in [0.717, 1.165) is 12.1 Å². The van der Waals surface area contributed by atoms with E-state index in [0.29, 0.717) is 18.9 Å². The summed E-state index contributed by atoms with van der Waals surface area (Å²) in [6.45, 7) is 5.76. The van der Waals surface area contributed by atoms with Gasteiger partial charge in [-0.15, -0.1) is 0 Å². The molecular formula is C17H29N3O2. The standard InChI is InChI=1S/C17H29N3O2/c1-13(2)9-16(21)11-19-17(22)18-10-14-5-7-15(8-6-14)12-20(3)4/h5-8,13,16,21H,9-12H2,1-4H3,(H2,18,19,22). The maximum absolute atomic E-state index is 11.7. The van der Waals surface area contributed by atoms with Crippen LogP contribution >= 0.6 is 0 Å². The first-order valence-electron chi connectivity index (χ1n) is 7.79. The van der Waals surface area contributed by atoms with Crippen LogP contribution in [0.5, 0.6) is 0 Å². The number of urea groups is 1. The molecule has 1 unspecified atom stereocenters. The van der Waals surface area contributed by atoms with Crippen LogP contribution < -0.4 is 10.6 Å². The molecule has 1 atom stereocenters. The minimum Gasteiger partial charge on any atom is -0.391 e. The largest absolute Gasteiger partial charge is 0.391 e. The molecule has 0 radical (unpaired) electrons. The number of rotatable bonds is 8. The van der Waals surface area contributed by atoms with Gasteiger partial charge in [0.1, 0.15) is 0 Å². The predicted octanol–water partition coefficient (Wildman–Crippen LogP) is 1.95. The Labute approximate surface area is 133 Å². The SMILES string of the molecule is CC(C)CC(O)CNC(=O)NCc1ccc(CN(C)C)cc1. The molecule has 0 aliphatic heterocycles. The lowest BCUT2D eigenvalue weighted by atomic mass is 10.1. The second-order valence-corrected chi connectivity index (χ2v) is 6.40. The number of hydrogen-bond acceptors (Lipinski definition) is 3. The molecule has 1 aromatic rings. The topological polar surface area (TPSA) is 64.6 Å². The zero-order valence-electron chi connectivity index (χ0n) is 14.1. The lowest BCUT2D eigenvalue weighted by Crippen LogP contribution is -2.39. The number of hydrogen-bond donors (Lipinski definition) is 3. The average Bonchev–Trinajstić information content (AvgIpc) is 2.43. The molecule has 5 heteroatoms. The first-order chi connectivity index (χ1) is 10.4. The van der Waals surface area contributed by atoms with Crippen LogP contribution in [0.1, 0.15) is 31.4 Å². The van der Waals surface area contributed by atoms with Gasteiger partial charge in [0, 0.05) is 19.6 Å². The fourth-order valence-corrected chi connectivity index (χ4v) is 2.21. The summed E-state index contributed by atoms with van der Waals surface area (Å²) in [4.78, 5) is 13.8. The predicted molar refractivity (Wildman–Crippen MR) is 89.5 cm³/mol. The molecule has 0 saturated carbocycles. The third kappa shape index (κ3) is 8.00. The maximum Gasteiger partial charge on any atom is 0.315 e. The second kappa shape index (κ2) is 9.43. The molecule has 0 aliphatic carbocycles. The Balaban J connectivity index is 2.29. The summed E-state index contributed by atoms with van der Waals surface area (Å²) in [6.07, 6.45) is 0.198. The summed E-state index contributed by atoms with van der Waals surface area (Å²) in [7, 11) is 4.07. The Morgan fingerprint density at radius 1 is 1.14 bits per heavy atom. The van der Waals surface area contributed by atoms with Gasteiger partial charge in [0.05, 0.1) is 6.10 Å². The van der Waals surface area contributed by atoms with Gasteiger partial charge in [-0.05, 0) is 37.6 Å². The van der Waals surface area contributed by atoms with E-state index in [4.69, 9.17) is 0 Å². The lowest BCUT2D eigenvalue weighted by molar-refractivity contribution is 0.147. The second-order valence-electron chi connectivity index (χ2n) is 6.40. The molecule has 0 heterocycles. The molecule has 3 N–H and O–H groups in total. The fraction of sp³-hybridized carbons (Fsp3) is 0.588. The molecule has 5 nitrogen and oxygen atoms in total. The van der Waals surface area contributed by atoms with E-state index in [1.807, 2.05) is 40.1 Å². The summed E-state index contributed by atoms with van der Waals surface area (Å²) in [5, 5.41) is 15.2. The third-order valence-electron chi connectivity index (χ3n) is 3.22. The smallest absolute Gasteiger partial charge is 0.315 e. The molecule has 1 rings (SSSR count). The molecule has 124 valence electrons. The van der Waals surface area contributed by atoms with Gasteiger partial charge < -0.3 is 20.6 Å². The van der Waals surface area contributed by atoms with Crippen LogP contribution in [-0.4, -0.2) is 42.8 Å². The molecule has 2 amide bonds. The number of carbonyl (C=O) groups is 1. The molecule has 0 spiro atoms. The van der Waals surface area contributed by atoms with Crippen LogP contribution in [0.2, 0.25) is 0 Å². The highest BCUT2D eigenvalue weighted by molar-refractivity contribution is 5.73. The number of nitrogens with one attached hydrogen (secondary N) is 2. The van der Waals surface area contributed by atoms with Crippen LogP contribution in [0.4, 0.5) is 4.79 Å². The molecule has 22 heavy (non-hydrogen) atoms. The zero-order chi connectivity index (χ0) is 16.5. The Bertz CT molecular complexity index is 444. The summed E-state index contributed by atoms with van der Waals surface area (Å²) in [6, 6.07) is 7.93. The number of carbonyl (C=O) groups excluding carboxylic acids is 1. The number of aliphatic hydroxyl groups is 1. The number of nitrogens with zero attached hydrogens (tertiary/aromatic N) is 1. The Hall–Kier alpha value is -1.59. The average molecular weight is 307 g/mol. The maximum atomic E-state index is 11.7. The summed E-state index contributed by atoms with van der Waals surface area (Å²) in [5.74, 6) is 0.417. The van der Waals surface area contributed by atoms with Gasteiger partial charge >= 0.3 is 6.03 Å². The van der Waals surface area contributed by atoms with Gasteiger partial charge in [-0.1, -0.05) is 38.1 Å². The lowest BCUT2D eigenvalue weighted by Gasteiger charge is -2.14. The summed E-state index contributed by atoms with van der Waals surface area (Å²) < 4.78 is 0. The van der Waals surface area contributed by atoms with Gasteiger partial charge in [0.2, 0.25) is 0 Å². The summed E-state index contributed by atoms with van der Waals surface area (Å²) >= 11 is 0. The van der Waals surface area contributed by atoms with Crippen molar-refractivity contribution in [2.24, 2.45) is 5.92 Å². The van der Waals surface area contributed by atoms with Crippen molar-refractivity contribution >= 4 is 6.03 Å². The van der Waals surface area contributed by atoms with Gasteiger partial charge in [-0.25, -0.2) is 4.79 Å². The number of aliphatic hydroxyl groups excluding tert-OH is 1. The molecule has 0 aromatic heterocycles. The molecular weight excluding hydrogens is 278 g/mol. The van der Waals surface area contributed by atoms with Crippen molar-refractivity contribution < 1.29 is 9.90 Å². The first kappa shape index (κ1) is 18.5. The minimum atomic E-state index is -0.490. The molecule has 0 fully saturated rings. The minimum absolute atomic E-state index is 0.250. The molecule has 0 bridgehead atoms. The van der Waals surface area contributed by atoms with E-state index in [-0.39, 0.29) is 12.6 Å². The van der Waals surface area contributed by atoms with Crippen molar-refractivity contribution in [3.05, 3.63) is 35.4 Å². The highest BCUT2D eigenvalue weighted by atomic mass is 16.3. The zero-order valence-corrected chi connectivity index (χ0v) is 14.1. The first-order valence-corrected chi connectivity index (χ1v) is 7.79. The van der Waals surface area contributed by atoms with E-state index in [9.17, 15) is 9.90 Å². The van der Waals surface area contributed by atoms with E-state index >= 15 is 0 Å². The highest BCUT2D eigenvalue weighted by Gasteiger charge is 2.08. The van der Waals surface area contributed by atoms with E-state index < -0.39 is 6.10 Å². The third-order valence-corrected chi connectivity index (χ3v) is 3.22. The van der Waals surface area contributed by atoms with Crippen molar-refractivity contribution in [1.82, 2.24) is 15.5 Å². The van der Waals surface area contributed by atoms with Gasteiger partial charge in [0.15, 0.2) is 0 Å². The monoisotopic (exact) mass is 307 g/mol. The highest BCUT2D eigenvalue weighted by Crippen LogP contribution is 2.06. The van der Waals surface area contributed by atoms with Crippen molar-refractivity contribution in [1.29, 1.82) is 0 Å². The Morgan fingerprint density at radius 3 is 2.27 bits per heavy atom. The van der Waals surface area contributed by atoms with Crippen LogP contribution in [-0.2, 0) is 13.1 Å². The van der Waals surface area contributed by atoms with E-state index in [1.165, 1.54) is 5.56 Å². The van der Waals surface area contributed by atoms with Crippen LogP contribution in [0.15, 0.2) is 24.3 Å². The van der Waals surface area contributed by atoms with Crippen LogP contribution in [0.25, 0.3) is 0 Å². The fourth-order valence-electron chi connectivity index (χ4n) is 2.21. The van der Waals surface area contributed by atoms with Crippen molar-refractivity contribution in [3.8, 4) is 0 Å².